The van der Waals surface area contributed by atoms with Gasteiger partial charge in [-0.3, -0.25) is 9.59 Å². The van der Waals surface area contributed by atoms with Crippen LogP contribution in [0.3, 0.4) is 0 Å². The van der Waals surface area contributed by atoms with Crippen LogP contribution in [0.4, 0.5) is 0 Å². The van der Waals surface area contributed by atoms with Crippen LogP contribution in [-0.2, 0) is 19.1 Å². The molecule has 19 heavy (non-hydrogen) atoms. The summed E-state index contributed by atoms with van der Waals surface area (Å²) in [6.07, 6.45) is 0. The first-order chi connectivity index (χ1) is 9.13. The summed E-state index contributed by atoms with van der Waals surface area (Å²) in [5, 5.41) is 0. The third-order valence-corrected chi connectivity index (χ3v) is 3.65. The van der Waals surface area contributed by atoms with Crippen molar-refractivity contribution < 1.29 is 19.1 Å². The molecule has 2 heterocycles. The van der Waals surface area contributed by atoms with Crippen molar-refractivity contribution in [1.29, 1.82) is 0 Å². The normalized spacial score (nSPS) is 27.7. The van der Waals surface area contributed by atoms with E-state index in [2.05, 4.69) is 0 Å². The molecule has 0 radical (unpaired) electrons. The summed E-state index contributed by atoms with van der Waals surface area (Å²) in [6, 6.07) is -0.208. The van der Waals surface area contributed by atoms with Crippen molar-refractivity contribution in [1.82, 2.24) is 9.80 Å². The number of carbonyl (C=O) groups excluding carboxylic acids is 2. The largest absolute Gasteiger partial charge is 0.379 e. The molecule has 2 fully saturated rings. The Morgan fingerprint density at radius 1 is 1.21 bits per heavy atom. The maximum atomic E-state index is 12.3. The van der Waals surface area contributed by atoms with Crippen LogP contribution in [0, 0.1) is 5.92 Å². The van der Waals surface area contributed by atoms with Crippen LogP contribution in [-0.4, -0.2) is 80.8 Å². The van der Waals surface area contributed by atoms with Crippen LogP contribution >= 0.6 is 0 Å². The lowest BCUT2D eigenvalue weighted by molar-refractivity contribution is -0.144. The molecule has 7 nitrogen and oxygen atoms in total. The second-order valence-corrected chi connectivity index (χ2v) is 4.95. The number of ether oxygens (including phenoxy) is 2. The zero-order chi connectivity index (χ0) is 13.8. The van der Waals surface area contributed by atoms with E-state index in [1.165, 1.54) is 7.11 Å². The minimum atomic E-state index is -0.235. The van der Waals surface area contributed by atoms with Gasteiger partial charge in [0.2, 0.25) is 11.8 Å². The first-order valence-electron chi connectivity index (χ1n) is 6.52. The molecule has 0 aromatic heterocycles. The van der Waals surface area contributed by atoms with Crippen molar-refractivity contribution in [3.05, 3.63) is 0 Å². The van der Waals surface area contributed by atoms with Crippen molar-refractivity contribution in [3.8, 4) is 0 Å². The van der Waals surface area contributed by atoms with Crippen molar-refractivity contribution >= 4 is 11.8 Å². The maximum Gasteiger partial charge on any atom is 0.248 e. The summed E-state index contributed by atoms with van der Waals surface area (Å²) < 4.78 is 10.0. The Balaban J connectivity index is 1.82. The van der Waals surface area contributed by atoms with Crippen molar-refractivity contribution in [3.63, 3.8) is 0 Å². The lowest BCUT2D eigenvalue weighted by atomic mass is 10.0. The average Bonchev–Trinajstić information content (AvgIpc) is 2.84. The highest BCUT2D eigenvalue weighted by Crippen LogP contribution is 2.16. The molecular formula is C12H21N3O4. The molecule has 108 valence electrons. The van der Waals surface area contributed by atoms with Gasteiger partial charge in [-0.15, -0.1) is 0 Å². The number of hydrogen-bond acceptors (Lipinski definition) is 5. The van der Waals surface area contributed by atoms with E-state index in [0.717, 1.165) is 0 Å². The van der Waals surface area contributed by atoms with Crippen LogP contribution in [0.15, 0.2) is 0 Å². The monoisotopic (exact) mass is 271 g/mol. The third-order valence-electron chi connectivity index (χ3n) is 3.65. The number of methoxy groups -OCH3 is 1. The van der Waals surface area contributed by atoms with Gasteiger partial charge in [-0.1, -0.05) is 0 Å². The Morgan fingerprint density at radius 2 is 1.84 bits per heavy atom. The molecule has 0 saturated carbocycles. The summed E-state index contributed by atoms with van der Waals surface area (Å²) in [7, 11) is 1.50. The highest BCUT2D eigenvalue weighted by Gasteiger charge is 2.35. The second kappa shape index (κ2) is 6.31. The van der Waals surface area contributed by atoms with E-state index in [1.54, 1.807) is 9.80 Å². The number of amides is 2. The van der Waals surface area contributed by atoms with Gasteiger partial charge in [0.25, 0.3) is 0 Å². The molecule has 2 amide bonds. The third kappa shape index (κ3) is 3.23. The van der Waals surface area contributed by atoms with Gasteiger partial charge in [0.05, 0.1) is 19.1 Å². The molecule has 2 rings (SSSR count). The van der Waals surface area contributed by atoms with Crippen molar-refractivity contribution in [2.24, 2.45) is 11.7 Å². The topological polar surface area (TPSA) is 85.1 Å². The zero-order valence-corrected chi connectivity index (χ0v) is 11.2. The molecule has 2 aliphatic heterocycles. The molecule has 0 aliphatic carbocycles. The standard InChI is InChI=1S/C12H21N3O4/c1-18-8-11(16)14-2-4-15(5-3-14)12(17)9-6-19-7-10(9)13/h9-10H,2-8,13H2,1H3. The van der Waals surface area contributed by atoms with Crippen molar-refractivity contribution in [2.45, 2.75) is 6.04 Å². The highest BCUT2D eigenvalue weighted by atomic mass is 16.5. The summed E-state index contributed by atoms with van der Waals surface area (Å²) in [6.45, 7) is 3.16. The van der Waals surface area contributed by atoms with Gasteiger partial charge in [0.15, 0.2) is 0 Å². The number of nitrogens with zero attached hydrogens (tertiary/aromatic N) is 2. The van der Waals surface area contributed by atoms with Crippen LogP contribution in [0.2, 0.25) is 0 Å². The highest BCUT2D eigenvalue weighted by molar-refractivity contribution is 5.81. The smallest absolute Gasteiger partial charge is 0.248 e. The van der Waals surface area contributed by atoms with Gasteiger partial charge in [-0.2, -0.15) is 0 Å². The van der Waals surface area contributed by atoms with Gasteiger partial charge in [-0.25, -0.2) is 0 Å². The molecule has 2 aliphatic rings. The Morgan fingerprint density at radius 3 is 2.37 bits per heavy atom. The quantitative estimate of drug-likeness (QED) is 0.660. The first-order valence-corrected chi connectivity index (χ1v) is 6.52. The molecule has 2 atom stereocenters. The van der Waals surface area contributed by atoms with Gasteiger partial charge in [0, 0.05) is 39.3 Å². The Labute approximate surface area is 112 Å². The second-order valence-electron chi connectivity index (χ2n) is 4.95. The summed E-state index contributed by atoms with van der Waals surface area (Å²) >= 11 is 0. The molecule has 0 bridgehead atoms. The van der Waals surface area contributed by atoms with Gasteiger partial charge >= 0.3 is 0 Å². The molecule has 2 unspecified atom stereocenters. The molecule has 7 heteroatoms. The zero-order valence-electron chi connectivity index (χ0n) is 11.2. The van der Waals surface area contributed by atoms with E-state index in [9.17, 15) is 9.59 Å². The molecule has 0 spiro atoms. The maximum absolute atomic E-state index is 12.3. The van der Waals surface area contributed by atoms with Crippen LogP contribution < -0.4 is 5.73 Å². The van der Waals surface area contributed by atoms with E-state index in [4.69, 9.17) is 15.2 Å². The predicted molar refractivity (Wildman–Crippen MR) is 67.3 cm³/mol. The van der Waals surface area contributed by atoms with Crippen LogP contribution in [0.1, 0.15) is 0 Å². The number of nitrogens with two attached hydrogens (primary N) is 1. The summed E-state index contributed by atoms with van der Waals surface area (Å²) in [5.74, 6) is -0.222. The fraction of sp³-hybridized carbons (Fsp3) is 0.833. The average molecular weight is 271 g/mol. The lowest BCUT2D eigenvalue weighted by Crippen LogP contribution is -2.54. The van der Waals surface area contributed by atoms with Crippen molar-refractivity contribution in [2.75, 3.05) is 53.1 Å². The number of carbonyl (C=O) groups is 2. The van der Waals surface area contributed by atoms with E-state index in [-0.39, 0.29) is 30.4 Å². The minimum Gasteiger partial charge on any atom is -0.379 e. The Bertz CT molecular complexity index is 342. The lowest BCUT2D eigenvalue weighted by Gasteiger charge is -2.36. The summed E-state index contributed by atoms with van der Waals surface area (Å²) in [4.78, 5) is 27.4. The number of rotatable bonds is 3. The molecular weight excluding hydrogens is 250 g/mol. The Kier molecular flexibility index (Phi) is 4.73. The molecule has 0 aromatic rings. The van der Waals surface area contributed by atoms with Gasteiger partial charge in [-0.05, 0) is 0 Å². The van der Waals surface area contributed by atoms with Gasteiger partial charge < -0.3 is 25.0 Å². The van der Waals surface area contributed by atoms with E-state index in [0.29, 0.717) is 39.4 Å². The van der Waals surface area contributed by atoms with E-state index < -0.39 is 0 Å². The summed E-state index contributed by atoms with van der Waals surface area (Å²) in [5.41, 5.74) is 5.85. The van der Waals surface area contributed by atoms with Gasteiger partial charge in [0.1, 0.15) is 6.61 Å². The predicted octanol–water partition coefficient (Wildman–Crippen LogP) is -1.72. The minimum absolute atomic E-state index is 0.0319. The molecule has 0 aromatic carbocycles. The Hall–Kier alpha value is -1.18. The fourth-order valence-electron chi connectivity index (χ4n) is 2.45. The van der Waals surface area contributed by atoms with Crippen LogP contribution in [0.5, 0.6) is 0 Å². The fourth-order valence-corrected chi connectivity index (χ4v) is 2.45. The number of piperazine rings is 1. The van der Waals surface area contributed by atoms with E-state index in [1.807, 2.05) is 0 Å². The SMILES string of the molecule is COCC(=O)N1CCN(C(=O)C2COCC2N)CC1. The molecule has 2 saturated heterocycles. The molecule has 2 N–H and O–H groups in total. The number of hydrogen-bond donors (Lipinski definition) is 1. The van der Waals surface area contributed by atoms with E-state index >= 15 is 0 Å². The first kappa shape index (κ1) is 14.2. The van der Waals surface area contributed by atoms with Crippen LogP contribution in [0.25, 0.3) is 0 Å².